The Bertz CT molecular complexity index is 1470. The van der Waals surface area contributed by atoms with E-state index in [1.54, 1.807) is 17.6 Å². The number of aromatic nitrogens is 2. The van der Waals surface area contributed by atoms with Crippen LogP contribution in [0.4, 0.5) is 11.4 Å². The number of nitrogens with two attached hydrogens (primary N) is 1. The van der Waals surface area contributed by atoms with Crippen LogP contribution in [0, 0.1) is 0 Å². The number of benzene rings is 1. The lowest BCUT2D eigenvalue weighted by Gasteiger charge is -2.35. The number of carbonyl (C=O) groups is 2. The summed E-state index contributed by atoms with van der Waals surface area (Å²) in [5.41, 5.74) is 9.42. The Morgan fingerprint density at radius 1 is 1.24 bits per heavy atom. The number of ether oxygens (including phenoxy) is 2. The molecule has 0 aliphatic carbocycles. The average Bonchev–Trinajstić information content (AvgIpc) is 3.22. The standard InChI is InChI=1S/C27H30N4O5.ClH/c1-4-6-7-11-29-24-16-13-31-21(23(16)30-20-10-8-9-19(28)22(20)24)12-18-17(25(31)33)14-35-26(34)27(18,5-2)36-15(3)32;/h8-10,12H,4-7,11,13-14,28H2,1-3H3,(H,29,30);1H/t27-;/m0./s1. The number of carbonyl (C=O) groups excluding carboxylic acids is 2. The molecule has 2 aliphatic rings. The molecular formula is C27H31ClN4O5. The van der Waals surface area contributed by atoms with Crippen LogP contribution >= 0.6 is 12.4 Å². The molecule has 0 spiro atoms. The third-order valence-corrected chi connectivity index (χ3v) is 7.11. The van der Waals surface area contributed by atoms with Crippen LogP contribution in [0.25, 0.3) is 22.3 Å². The molecule has 4 heterocycles. The van der Waals surface area contributed by atoms with Crippen LogP contribution in [0.1, 0.15) is 63.1 Å². The monoisotopic (exact) mass is 526 g/mol. The van der Waals surface area contributed by atoms with Crippen molar-refractivity contribution in [1.82, 2.24) is 9.55 Å². The summed E-state index contributed by atoms with van der Waals surface area (Å²) >= 11 is 0. The molecule has 3 aromatic rings. The van der Waals surface area contributed by atoms with Crippen LogP contribution in [-0.2, 0) is 37.8 Å². The molecule has 9 nitrogen and oxygen atoms in total. The fourth-order valence-corrected chi connectivity index (χ4v) is 5.34. The van der Waals surface area contributed by atoms with E-state index in [9.17, 15) is 14.4 Å². The summed E-state index contributed by atoms with van der Waals surface area (Å²) in [5.74, 6) is -1.30. The zero-order chi connectivity index (χ0) is 25.6. The molecule has 0 saturated heterocycles. The van der Waals surface area contributed by atoms with Gasteiger partial charge in [0.2, 0.25) is 5.60 Å². The molecule has 10 heteroatoms. The molecule has 2 aliphatic heterocycles. The minimum absolute atomic E-state index is 0. The number of cyclic esters (lactones) is 1. The van der Waals surface area contributed by atoms with Crippen molar-refractivity contribution in [2.45, 2.75) is 65.2 Å². The molecule has 0 radical (unpaired) electrons. The molecule has 0 fully saturated rings. The van der Waals surface area contributed by atoms with Crippen LogP contribution in [0.2, 0.25) is 0 Å². The number of hydrogen-bond acceptors (Lipinski definition) is 8. The number of nitrogens with one attached hydrogen (secondary N) is 1. The van der Waals surface area contributed by atoms with Gasteiger partial charge < -0.3 is 25.1 Å². The van der Waals surface area contributed by atoms with Crippen molar-refractivity contribution >= 4 is 46.6 Å². The molecule has 196 valence electrons. The maximum absolute atomic E-state index is 13.7. The third-order valence-electron chi connectivity index (χ3n) is 7.11. The Balaban J connectivity index is 0.00000320. The molecule has 5 rings (SSSR count). The van der Waals surface area contributed by atoms with Crippen LogP contribution in [0.3, 0.4) is 0 Å². The first-order valence-corrected chi connectivity index (χ1v) is 12.4. The summed E-state index contributed by atoms with van der Waals surface area (Å²) in [5, 5.41) is 4.40. The van der Waals surface area contributed by atoms with E-state index in [0.717, 1.165) is 42.4 Å². The summed E-state index contributed by atoms with van der Waals surface area (Å²) < 4.78 is 12.5. The number of fused-ring (bicyclic) bond motifs is 5. The highest BCUT2D eigenvalue weighted by Crippen LogP contribution is 2.44. The summed E-state index contributed by atoms with van der Waals surface area (Å²) in [6.45, 7) is 6.03. The van der Waals surface area contributed by atoms with Crippen molar-refractivity contribution in [3.63, 3.8) is 0 Å². The molecule has 3 N–H and O–H groups in total. The van der Waals surface area contributed by atoms with Gasteiger partial charge in [0.25, 0.3) is 5.56 Å². The first-order valence-electron chi connectivity index (χ1n) is 12.4. The van der Waals surface area contributed by atoms with Crippen LogP contribution < -0.4 is 16.6 Å². The van der Waals surface area contributed by atoms with E-state index in [2.05, 4.69) is 12.2 Å². The predicted molar refractivity (Wildman–Crippen MR) is 144 cm³/mol. The largest absolute Gasteiger partial charge is 0.457 e. The highest BCUT2D eigenvalue weighted by Gasteiger charge is 2.50. The van der Waals surface area contributed by atoms with Crippen LogP contribution in [-0.4, -0.2) is 28.0 Å². The number of pyridine rings is 2. The molecular weight excluding hydrogens is 496 g/mol. The van der Waals surface area contributed by atoms with Gasteiger partial charge in [0, 0.05) is 35.7 Å². The number of esters is 2. The van der Waals surface area contributed by atoms with Crippen molar-refractivity contribution in [3.8, 4) is 11.4 Å². The summed E-state index contributed by atoms with van der Waals surface area (Å²) in [6.07, 6.45) is 3.35. The number of rotatable bonds is 7. The van der Waals surface area contributed by atoms with E-state index >= 15 is 0 Å². The normalized spacial score (nSPS) is 17.3. The second-order valence-corrected chi connectivity index (χ2v) is 9.35. The Kier molecular flexibility index (Phi) is 7.19. The molecule has 2 aromatic heterocycles. The SMILES string of the molecule is CCCCCNc1c2c(nc3cccc(N)c13)-c1cc3c(c(=O)n1C2)COC(=O)[C@@]3(CC)OC(C)=O.Cl. The van der Waals surface area contributed by atoms with E-state index in [1.807, 2.05) is 18.2 Å². The third kappa shape index (κ3) is 4.11. The highest BCUT2D eigenvalue weighted by molar-refractivity contribution is 6.04. The van der Waals surface area contributed by atoms with Gasteiger partial charge in [0.05, 0.1) is 34.7 Å². The van der Waals surface area contributed by atoms with Crippen molar-refractivity contribution in [2.24, 2.45) is 0 Å². The van der Waals surface area contributed by atoms with Crippen LogP contribution in [0.5, 0.6) is 0 Å². The number of halogens is 1. The zero-order valence-corrected chi connectivity index (χ0v) is 22.0. The van der Waals surface area contributed by atoms with Gasteiger partial charge in [-0.15, -0.1) is 12.4 Å². The lowest BCUT2D eigenvalue weighted by molar-refractivity contribution is -0.188. The smallest absolute Gasteiger partial charge is 0.355 e. The molecule has 0 bridgehead atoms. The van der Waals surface area contributed by atoms with Gasteiger partial charge in [-0.3, -0.25) is 9.59 Å². The first-order chi connectivity index (χ1) is 17.3. The number of anilines is 2. The zero-order valence-electron chi connectivity index (χ0n) is 21.2. The van der Waals surface area contributed by atoms with E-state index in [1.165, 1.54) is 6.92 Å². The van der Waals surface area contributed by atoms with E-state index in [4.69, 9.17) is 20.2 Å². The summed E-state index contributed by atoms with van der Waals surface area (Å²) in [4.78, 5) is 43.5. The number of hydrogen-bond donors (Lipinski definition) is 2. The number of nitrogens with zero attached hydrogens (tertiary/aromatic N) is 2. The fraction of sp³-hybridized carbons (Fsp3) is 0.407. The molecule has 1 aromatic carbocycles. The highest BCUT2D eigenvalue weighted by atomic mass is 35.5. The maximum Gasteiger partial charge on any atom is 0.355 e. The quantitative estimate of drug-likeness (QED) is 0.208. The molecule has 0 saturated carbocycles. The minimum Gasteiger partial charge on any atom is -0.457 e. The lowest BCUT2D eigenvalue weighted by Crippen LogP contribution is -2.47. The average molecular weight is 527 g/mol. The maximum atomic E-state index is 13.7. The molecule has 0 unspecified atom stereocenters. The van der Waals surface area contributed by atoms with Crippen molar-refractivity contribution < 1.29 is 19.1 Å². The van der Waals surface area contributed by atoms with Crippen molar-refractivity contribution in [1.29, 1.82) is 0 Å². The van der Waals surface area contributed by atoms with Gasteiger partial charge in [0.1, 0.15) is 6.61 Å². The lowest BCUT2D eigenvalue weighted by atomic mass is 9.85. The van der Waals surface area contributed by atoms with Gasteiger partial charge in [-0.2, -0.15) is 0 Å². The second kappa shape index (κ2) is 10.0. The van der Waals surface area contributed by atoms with E-state index in [0.29, 0.717) is 40.3 Å². The minimum atomic E-state index is -1.67. The van der Waals surface area contributed by atoms with Crippen molar-refractivity contribution in [3.05, 3.63) is 51.3 Å². The Morgan fingerprint density at radius 3 is 2.73 bits per heavy atom. The Hall–Kier alpha value is -3.59. The first kappa shape index (κ1) is 26.5. The number of unbranched alkanes of at least 4 members (excludes halogenated alkanes) is 2. The van der Waals surface area contributed by atoms with Gasteiger partial charge in [-0.25, -0.2) is 9.78 Å². The molecule has 1 atom stereocenters. The summed E-state index contributed by atoms with van der Waals surface area (Å²) in [6, 6.07) is 7.36. The summed E-state index contributed by atoms with van der Waals surface area (Å²) in [7, 11) is 0. The second-order valence-electron chi connectivity index (χ2n) is 9.35. The van der Waals surface area contributed by atoms with E-state index in [-0.39, 0.29) is 31.0 Å². The van der Waals surface area contributed by atoms with Gasteiger partial charge >= 0.3 is 11.9 Å². The number of nitrogen functional groups attached to an aromatic ring is 1. The van der Waals surface area contributed by atoms with Crippen LogP contribution in [0.15, 0.2) is 29.1 Å². The topological polar surface area (TPSA) is 126 Å². The van der Waals surface area contributed by atoms with Crippen molar-refractivity contribution in [2.75, 3.05) is 17.6 Å². The predicted octanol–water partition coefficient (Wildman–Crippen LogP) is 4.26. The Labute approximate surface area is 220 Å². The molecule has 37 heavy (non-hydrogen) atoms. The van der Waals surface area contributed by atoms with Gasteiger partial charge in [-0.1, -0.05) is 32.8 Å². The molecule has 0 amide bonds. The van der Waals surface area contributed by atoms with Gasteiger partial charge in [-0.05, 0) is 31.0 Å². The van der Waals surface area contributed by atoms with Gasteiger partial charge in [0.15, 0.2) is 0 Å². The Morgan fingerprint density at radius 2 is 2.03 bits per heavy atom. The van der Waals surface area contributed by atoms with E-state index < -0.39 is 17.5 Å². The fourth-order valence-electron chi connectivity index (χ4n) is 5.34.